The molecule has 4 heteroatoms. The average molecular weight is 263 g/mol. The maximum absolute atomic E-state index is 12.3. The lowest BCUT2D eigenvalue weighted by atomic mass is 10.1. The van der Waals surface area contributed by atoms with Crippen LogP contribution in [-0.4, -0.2) is 43.7 Å². The van der Waals surface area contributed by atoms with E-state index in [1.165, 1.54) is 0 Å². The zero-order chi connectivity index (χ0) is 13.7. The van der Waals surface area contributed by atoms with Gasteiger partial charge >= 0.3 is 0 Å². The minimum Gasteiger partial charge on any atom is -0.494 e. The fourth-order valence-corrected chi connectivity index (χ4v) is 2.28. The van der Waals surface area contributed by atoms with Gasteiger partial charge in [-0.2, -0.15) is 0 Å². The first-order chi connectivity index (χ1) is 9.20. The smallest absolute Gasteiger partial charge is 0.253 e. The third-order valence-corrected chi connectivity index (χ3v) is 3.24. The molecule has 0 radical (unpaired) electrons. The minimum absolute atomic E-state index is 0.0112. The van der Waals surface area contributed by atoms with Gasteiger partial charge in [0.2, 0.25) is 0 Å². The summed E-state index contributed by atoms with van der Waals surface area (Å²) in [5, 5.41) is 0. The highest BCUT2D eigenvalue weighted by molar-refractivity contribution is 5.94. The molecule has 0 N–H and O–H groups in total. The SMILES string of the molecule is CCOc1cccc(C(=O)N(C)CC2CCCO2)c1. The number of rotatable bonds is 5. The van der Waals surface area contributed by atoms with Crippen LogP contribution in [0, 0.1) is 0 Å². The van der Waals surface area contributed by atoms with E-state index in [9.17, 15) is 4.79 Å². The minimum atomic E-state index is 0.0112. The lowest BCUT2D eigenvalue weighted by Crippen LogP contribution is -2.34. The maximum Gasteiger partial charge on any atom is 0.253 e. The number of ether oxygens (including phenoxy) is 2. The molecule has 19 heavy (non-hydrogen) atoms. The number of likely N-dealkylation sites (N-methyl/N-ethyl adjacent to an activating group) is 1. The Hall–Kier alpha value is -1.55. The number of carbonyl (C=O) groups excluding carboxylic acids is 1. The number of nitrogens with zero attached hydrogens (tertiary/aromatic N) is 1. The Morgan fingerprint density at radius 3 is 3.05 bits per heavy atom. The summed E-state index contributed by atoms with van der Waals surface area (Å²) < 4.78 is 11.0. The highest BCUT2D eigenvalue weighted by Gasteiger charge is 2.20. The quantitative estimate of drug-likeness (QED) is 0.818. The molecule has 1 unspecified atom stereocenters. The summed E-state index contributed by atoms with van der Waals surface area (Å²) in [6, 6.07) is 7.31. The van der Waals surface area contributed by atoms with Crippen LogP contribution in [0.15, 0.2) is 24.3 Å². The summed E-state index contributed by atoms with van der Waals surface area (Å²) in [6.07, 6.45) is 2.31. The number of benzene rings is 1. The van der Waals surface area contributed by atoms with Crippen molar-refractivity contribution in [1.82, 2.24) is 4.90 Å². The lowest BCUT2D eigenvalue weighted by Gasteiger charge is -2.21. The molecule has 0 aromatic heterocycles. The number of carbonyl (C=O) groups is 1. The normalized spacial score (nSPS) is 18.3. The highest BCUT2D eigenvalue weighted by atomic mass is 16.5. The largest absolute Gasteiger partial charge is 0.494 e. The van der Waals surface area contributed by atoms with Gasteiger partial charge in [-0.1, -0.05) is 6.07 Å². The van der Waals surface area contributed by atoms with E-state index in [-0.39, 0.29) is 12.0 Å². The van der Waals surface area contributed by atoms with E-state index in [1.807, 2.05) is 32.2 Å². The van der Waals surface area contributed by atoms with Crippen molar-refractivity contribution in [2.24, 2.45) is 0 Å². The maximum atomic E-state index is 12.3. The van der Waals surface area contributed by atoms with Crippen LogP contribution in [-0.2, 0) is 4.74 Å². The molecule has 1 atom stereocenters. The zero-order valence-electron chi connectivity index (χ0n) is 11.6. The number of hydrogen-bond donors (Lipinski definition) is 0. The van der Waals surface area contributed by atoms with Crippen molar-refractivity contribution in [2.45, 2.75) is 25.9 Å². The van der Waals surface area contributed by atoms with Gasteiger partial charge in [-0.25, -0.2) is 0 Å². The first-order valence-electron chi connectivity index (χ1n) is 6.80. The van der Waals surface area contributed by atoms with Crippen molar-refractivity contribution in [3.63, 3.8) is 0 Å². The molecule has 104 valence electrons. The van der Waals surface area contributed by atoms with E-state index < -0.39 is 0 Å². The fraction of sp³-hybridized carbons (Fsp3) is 0.533. The van der Waals surface area contributed by atoms with Crippen LogP contribution in [0.1, 0.15) is 30.1 Å². The molecule has 1 aromatic carbocycles. The van der Waals surface area contributed by atoms with Crippen molar-refractivity contribution < 1.29 is 14.3 Å². The summed E-state index contributed by atoms with van der Waals surface area (Å²) in [5.74, 6) is 0.746. The van der Waals surface area contributed by atoms with Crippen molar-refractivity contribution in [2.75, 3.05) is 26.8 Å². The highest BCUT2D eigenvalue weighted by Crippen LogP contribution is 2.17. The molecule has 1 aliphatic heterocycles. The Bertz CT molecular complexity index is 427. The first-order valence-corrected chi connectivity index (χ1v) is 6.80. The van der Waals surface area contributed by atoms with E-state index in [1.54, 1.807) is 11.0 Å². The van der Waals surface area contributed by atoms with Crippen molar-refractivity contribution >= 4 is 5.91 Å². The third-order valence-electron chi connectivity index (χ3n) is 3.24. The fourth-order valence-electron chi connectivity index (χ4n) is 2.28. The molecule has 1 amide bonds. The number of amides is 1. The second-order valence-corrected chi connectivity index (χ2v) is 4.78. The van der Waals surface area contributed by atoms with Gasteiger partial charge in [0, 0.05) is 25.8 Å². The molecule has 0 aliphatic carbocycles. The van der Waals surface area contributed by atoms with E-state index in [0.717, 1.165) is 25.2 Å². The van der Waals surface area contributed by atoms with Crippen LogP contribution in [0.2, 0.25) is 0 Å². The summed E-state index contributed by atoms with van der Waals surface area (Å²) >= 11 is 0. The standard InChI is InChI=1S/C15H21NO3/c1-3-18-13-7-4-6-12(10-13)15(17)16(2)11-14-8-5-9-19-14/h4,6-7,10,14H,3,5,8-9,11H2,1-2H3. The predicted octanol–water partition coefficient (Wildman–Crippen LogP) is 2.34. The summed E-state index contributed by atoms with van der Waals surface area (Å²) in [4.78, 5) is 14.0. The topological polar surface area (TPSA) is 38.8 Å². The lowest BCUT2D eigenvalue weighted by molar-refractivity contribution is 0.0587. The predicted molar refractivity (Wildman–Crippen MR) is 73.5 cm³/mol. The van der Waals surface area contributed by atoms with Crippen molar-refractivity contribution in [3.05, 3.63) is 29.8 Å². The van der Waals surface area contributed by atoms with E-state index in [4.69, 9.17) is 9.47 Å². The van der Waals surface area contributed by atoms with Crippen molar-refractivity contribution in [1.29, 1.82) is 0 Å². The molecule has 1 fully saturated rings. The summed E-state index contributed by atoms with van der Waals surface area (Å²) in [5.41, 5.74) is 0.659. The number of hydrogen-bond acceptors (Lipinski definition) is 3. The molecule has 2 rings (SSSR count). The molecule has 1 saturated heterocycles. The Morgan fingerprint density at radius 1 is 1.53 bits per heavy atom. The van der Waals surface area contributed by atoms with Gasteiger partial charge < -0.3 is 14.4 Å². The van der Waals surface area contributed by atoms with Gasteiger partial charge in [0.1, 0.15) is 5.75 Å². The van der Waals surface area contributed by atoms with E-state index in [2.05, 4.69) is 0 Å². The molecular weight excluding hydrogens is 242 g/mol. The first kappa shape index (κ1) is 13.9. The van der Waals surface area contributed by atoms with Gasteiger partial charge in [0.05, 0.1) is 12.7 Å². The Kier molecular flexibility index (Phi) is 4.80. The Labute approximate surface area is 114 Å². The third kappa shape index (κ3) is 3.70. The molecule has 0 spiro atoms. The Morgan fingerprint density at radius 2 is 2.37 bits per heavy atom. The van der Waals surface area contributed by atoms with Gasteiger partial charge in [-0.05, 0) is 38.0 Å². The van der Waals surface area contributed by atoms with Crippen LogP contribution in [0.5, 0.6) is 5.75 Å². The van der Waals surface area contributed by atoms with Gasteiger partial charge in [-0.15, -0.1) is 0 Å². The Balaban J connectivity index is 1.99. The van der Waals surface area contributed by atoms with Gasteiger partial charge in [0.25, 0.3) is 5.91 Å². The molecular formula is C15H21NO3. The molecule has 1 aromatic rings. The molecule has 0 saturated carbocycles. The van der Waals surface area contributed by atoms with Gasteiger partial charge in [0.15, 0.2) is 0 Å². The monoisotopic (exact) mass is 263 g/mol. The van der Waals surface area contributed by atoms with Crippen LogP contribution in [0.25, 0.3) is 0 Å². The summed E-state index contributed by atoms with van der Waals surface area (Å²) in [7, 11) is 1.82. The van der Waals surface area contributed by atoms with Gasteiger partial charge in [-0.3, -0.25) is 4.79 Å². The molecule has 1 heterocycles. The molecule has 0 bridgehead atoms. The van der Waals surface area contributed by atoms with E-state index >= 15 is 0 Å². The van der Waals surface area contributed by atoms with Crippen LogP contribution < -0.4 is 4.74 Å². The average Bonchev–Trinajstić information content (AvgIpc) is 2.91. The van der Waals surface area contributed by atoms with Crippen molar-refractivity contribution in [3.8, 4) is 5.75 Å². The molecule has 4 nitrogen and oxygen atoms in total. The summed E-state index contributed by atoms with van der Waals surface area (Å²) in [6.45, 7) is 3.99. The second kappa shape index (κ2) is 6.57. The zero-order valence-corrected chi connectivity index (χ0v) is 11.6. The molecule has 1 aliphatic rings. The van der Waals surface area contributed by atoms with Crippen LogP contribution in [0.3, 0.4) is 0 Å². The van der Waals surface area contributed by atoms with Crippen LogP contribution in [0.4, 0.5) is 0 Å². The van der Waals surface area contributed by atoms with E-state index in [0.29, 0.717) is 18.7 Å². The van der Waals surface area contributed by atoms with Crippen LogP contribution >= 0.6 is 0 Å². The second-order valence-electron chi connectivity index (χ2n) is 4.78.